The second-order valence-electron chi connectivity index (χ2n) is 6.96. The third-order valence-electron chi connectivity index (χ3n) is 4.23. The Hall–Kier alpha value is -0.700. The molecule has 0 aliphatic carbocycles. The van der Waals surface area contributed by atoms with E-state index in [1.165, 1.54) is 17.8 Å². The van der Waals surface area contributed by atoms with E-state index in [4.69, 9.17) is 27.7 Å². The zero-order valence-corrected chi connectivity index (χ0v) is 18.6. The van der Waals surface area contributed by atoms with Crippen LogP contribution in [0.25, 0.3) is 0 Å². The lowest BCUT2D eigenvalue weighted by Crippen LogP contribution is -2.42. The molecule has 1 aromatic heterocycles. The number of nitrogens with one attached hydrogen (secondary N) is 2. The van der Waals surface area contributed by atoms with Gasteiger partial charge in [0.25, 0.3) is 0 Å². The number of alkyl halides is 2. The van der Waals surface area contributed by atoms with Crippen LogP contribution < -0.4 is 10.2 Å². The quantitative estimate of drug-likeness (QED) is 0.219. The number of imidazole rings is 1. The van der Waals surface area contributed by atoms with E-state index in [1.54, 1.807) is 0 Å². The van der Waals surface area contributed by atoms with Crippen LogP contribution in [0.3, 0.4) is 0 Å². The molecule has 1 heterocycles. The van der Waals surface area contributed by atoms with Crippen molar-refractivity contribution in [2.45, 2.75) is 46.4 Å². The summed E-state index contributed by atoms with van der Waals surface area (Å²) in [5.74, 6) is 0.416. The second-order valence-corrected chi connectivity index (χ2v) is 9.45. The first kappa shape index (κ1) is 24.3. The number of halogens is 2. The molecule has 0 amide bonds. The molecule has 0 aliphatic heterocycles. The molecule has 0 unspecified atom stereocenters. The highest BCUT2D eigenvalue weighted by Gasteiger charge is 2.33. The average molecular weight is 444 g/mol. The van der Waals surface area contributed by atoms with Gasteiger partial charge in [-0.1, -0.05) is 32.7 Å². The molecule has 0 aromatic carbocycles. The van der Waals surface area contributed by atoms with Gasteiger partial charge >= 0.3 is 13.6 Å². The normalized spacial score (nSPS) is 14.7. The number of hydrogen-bond acceptors (Lipinski definition) is 5. The first-order chi connectivity index (χ1) is 12.5. The van der Waals surface area contributed by atoms with Crippen LogP contribution in [0.5, 0.6) is 0 Å². The first-order valence-corrected chi connectivity index (χ1v) is 11.3. The molecule has 0 bridgehead atoms. The van der Waals surface area contributed by atoms with E-state index in [0.29, 0.717) is 5.69 Å². The van der Waals surface area contributed by atoms with Gasteiger partial charge < -0.3 is 10.1 Å². The van der Waals surface area contributed by atoms with Crippen molar-refractivity contribution in [2.24, 2.45) is 18.9 Å². The summed E-state index contributed by atoms with van der Waals surface area (Å²) in [5, 5.41) is 16.9. The van der Waals surface area contributed by atoms with E-state index in [9.17, 15) is 14.7 Å². The molecule has 0 radical (unpaired) electrons. The lowest BCUT2D eigenvalue weighted by Gasteiger charge is -2.31. The molecule has 2 atom stereocenters. The summed E-state index contributed by atoms with van der Waals surface area (Å²) in [7, 11) is -2.05. The van der Waals surface area contributed by atoms with Gasteiger partial charge in [-0.25, -0.2) is 14.7 Å². The van der Waals surface area contributed by atoms with Crippen molar-refractivity contribution in [2.75, 3.05) is 11.8 Å². The lowest BCUT2D eigenvalue weighted by molar-refractivity contribution is -0.396. The number of rotatable bonds is 12. The van der Waals surface area contributed by atoms with E-state index < -0.39 is 12.6 Å². The summed E-state index contributed by atoms with van der Waals surface area (Å²) in [4.78, 5) is 14.1. The maximum atomic E-state index is 13.5. The first-order valence-electron chi connectivity index (χ1n) is 8.61. The van der Waals surface area contributed by atoms with E-state index in [0.717, 1.165) is 0 Å². The number of nitro groups is 1. The van der Waals surface area contributed by atoms with E-state index >= 15 is 0 Å². The largest absolute Gasteiger partial charge is 0.434 e. The highest BCUT2D eigenvalue weighted by molar-refractivity contribution is 7.54. The maximum Gasteiger partial charge on any atom is 0.434 e. The molecule has 2 N–H and O–H groups in total. The van der Waals surface area contributed by atoms with Crippen LogP contribution in [0.2, 0.25) is 0 Å². The van der Waals surface area contributed by atoms with Crippen LogP contribution in [-0.2, 0) is 22.7 Å². The van der Waals surface area contributed by atoms with Gasteiger partial charge in [-0.15, -0.1) is 23.2 Å². The van der Waals surface area contributed by atoms with Crippen LogP contribution in [0, 0.1) is 22.0 Å². The highest BCUT2D eigenvalue weighted by Crippen LogP contribution is 2.42. The van der Waals surface area contributed by atoms with Gasteiger partial charge in [0.05, 0.1) is 7.05 Å². The molecule has 0 saturated carbocycles. The Morgan fingerprint density at radius 1 is 1.22 bits per heavy atom. The lowest BCUT2D eigenvalue weighted by atomic mass is 10.1. The molecule has 27 heavy (non-hydrogen) atoms. The summed E-state index contributed by atoms with van der Waals surface area (Å²) < 4.78 is 20.4. The fraction of sp³-hybridized carbons (Fsp3) is 0.800. The van der Waals surface area contributed by atoms with Crippen LogP contribution in [0.4, 0.5) is 5.95 Å². The predicted octanol–water partition coefficient (Wildman–Crippen LogP) is 3.66. The SMILES string of the molecule is CC(C)[C@@H](CCl)NP(=O)(N[C@H](CCl)C(C)C)OCc1cnc([N+](=O)[O-])n1C. The zero-order valence-electron chi connectivity index (χ0n) is 16.2. The van der Waals surface area contributed by atoms with Crippen molar-refractivity contribution < 1.29 is 14.0 Å². The van der Waals surface area contributed by atoms with Crippen molar-refractivity contribution in [3.05, 3.63) is 22.0 Å². The third kappa shape index (κ3) is 7.00. The van der Waals surface area contributed by atoms with Crippen molar-refractivity contribution >= 4 is 36.8 Å². The molecule has 1 aromatic rings. The molecule has 0 aliphatic rings. The molecule has 156 valence electrons. The minimum atomic E-state index is -3.55. The van der Waals surface area contributed by atoms with Gasteiger partial charge in [0.2, 0.25) is 0 Å². The van der Waals surface area contributed by atoms with Crippen LogP contribution in [0.15, 0.2) is 6.20 Å². The standard InChI is InChI=1S/C15H28Cl2N5O4P/c1-10(2)13(6-16)19-27(25,20-14(7-17)11(3)4)26-9-12-8-18-15(21(12)5)22(23)24/h8,10-11,13-14H,6-7,9H2,1-5H3,(H2,19,20,25)/t13-,14-/m1/s1. The summed E-state index contributed by atoms with van der Waals surface area (Å²) in [6.07, 6.45) is 1.32. The molecule has 9 nitrogen and oxygen atoms in total. The van der Waals surface area contributed by atoms with Crippen molar-refractivity contribution in [1.29, 1.82) is 0 Å². The summed E-state index contributed by atoms with van der Waals surface area (Å²) >= 11 is 12.0. The number of aromatic nitrogens is 2. The number of nitrogens with zero attached hydrogens (tertiary/aromatic N) is 3. The Kier molecular flexibility index (Phi) is 9.68. The van der Waals surface area contributed by atoms with Gasteiger partial charge in [-0.05, 0) is 16.8 Å². The summed E-state index contributed by atoms with van der Waals surface area (Å²) in [5.41, 5.74) is 0.421. The average Bonchev–Trinajstić information content (AvgIpc) is 2.96. The van der Waals surface area contributed by atoms with Gasteiger partial charge in [-0.2, -0.15) is 0 Å². The van der Waals surface area contributed by atoms with Gasteiger partial charge in [0.15, 0.2) is 0 Å². The van der Waals surface area contributed by atoms with Crippen molar-refractivity contribution in [1.82, 2.24) is 19.7 Å². The van der Waals surface area contributed by atoms with E-state index in [2.05, 4.69) is 15.2 Å². The van der Waals surface area contributed by atoms with Crippen LogP contribution in [0.1, 0.15) is 33.4 Å². The molecule has 12 heteroatoms. The number of hydrogen-bond donors (Lipinski definition) is 2. The minimum absolute atomic E-state index is 0.118. The topological polar surface area (TPSA) is 111 Å². The Balaban J connectivity index is 3.03. The van der Waals surface area contributed by atoms with Crippen molar-refractivity contribution in [3.63, 3.8) is 0 Å². The van der Waals surface area contributed by atoms with Crippen LogP contribution in [-0.4, -0.2) is 38.3 Å². The maximum absolute atomic E-state index is 13.5. The van der Waals surface area contributed by atoms with Crippen LogP contribution >= 0.6 is 30.9 Å². The molecule has 0 spiro atoms. The molecule has 0 fully saturated rings. The summed E-state index contributed by atoms with van der Waals surface area (Å²) in [6, 6.07) is -0.511. The highest BCUT2D eigenvalue weighted by atomic mass is 35.5. The van der Waals surface area contributed by atoms with Gasteiger partial charge in [-0.3, -0.25) is 9.09 Å². The Bertz CT molecular complexity index is 649. The zero-order chi connectivity index (χ0) is 20.8. The van der Waals surface area contributed by atoms with E-state index in [-0.39, 0.29) is 48.2 Å². The predicted molar refractivity (Wildman–Crippen MR) is 107 cm³/mol. The second kappa shape index (κ2) is 10.7. The Morgan fingerprint density at radius 2 is 1.70 bits per heavy atom. The molecular formula is C15H28Cl2N5O4P. The van der Waals surface area contributed by atoms with Crippen molar-refractivity contribution in [3.8, 4) is 0 Å². The monoisotopic (exact) mass is 443 g/mol. The van der Waals surface area contributed by atoms with Gasteiger partial charge in [0, 0.05) is 23.8 Å². The van der Waals surface area contributed by atoms with Gasteiger partial charge in [0.1, 0.15) is 18.5 Å². The molecule has 0 saturated heterocycles. The smallest absolute Gasteiger partial charge is 0.390 e. The molecular weight excluding hydrogens is 416 g/mol. The Morgan fingerprint density at radius 3 is 2.04 bits per heavy atom. The fourth-order valence-electron chi connectivity index (χ4n) is 2.17. The Labute approximate surface area is 169 Å². The summed E-state index contributed by atoms with van der Waals surface area (Å²) in [6.45, 7) is 7.69. The molecule has 1 rings (SSSR count). The fourth-order valence-corrected chi connectivity index (χ4v) is 5.44. The minimum Gasteiger partial charge on any atom is -0.390 e. The van der Waals surface area contributed by atoms with E-state index in [1.807, 2.05) is 27.7 Å². The third-order valence-corrected chi connectivity index (χ3v) is 6.73.